The molecule has 0 spiro atoms. The predicted octanol–water partition coefficient (Wildman–Crippen LogP) is 4.34. The molecule has 0 saturated heterocycles. The molecule has 4 rings (SSSR count). The van der Waals surface area contributed by atoms with Crippen molar-refractivity contribution in [2.45, 2.75) is 30.8 Å². The Labute approximate surface area is 196 Å². The second-order valence-corrected chi connectivity index (χ2v) is 7.95. The van der Waals surface area contributed by atoms with Crippen LogP contribution < -0.4 is 5.56 Å². The van der Waals surface area contributed by atoms with Gasteiger partial charge in [0, 0.05) is 18.9 Å². The lowest BCUT2D eigenvalue weighted by Crippen LogP contribution is -2.22. The molecule has 4 aromatic heterocycles. The molecule has 4 heterocycles. The zero-order valence-corrected chi connectivity index (χ0v) is 19.0. The molecule has 12 heteroatoms. The van der Waals surface area contributed by atoms with Crippen LogP contribution >= 0.6 is 11.8 Å². The Morgan fingerprint density at radius 3 is 2.62 bits per heavy atom. The van der Waals surface area contributed by atoms with Gasteiger partial charge in [0.1, 0.15) is 11.1 Å². The van der Waals surface area contributed by atoms with Gasteiger partial charge in [-0.1, -0.05) is 30.0 Å². The summed E-state index contributed by atoms with van der Waals surface area (Å²) in [7, 11) is 0. The van der Waals surface area contributed by atoms with E-state index in [0.717, 1.165) is 6.20 Å². The fourth-order valence-electron chi connectivity index (χ4n) is 3.45. The second-order valence-electron chi connectivity index (χ2n) is 7.18. The van der Waals surface area contributed by atoms with E-state index < -0.39 is 11.9 Å². The fraction of sp³-hybridized carbons (Fsp3) is 0.227. The van der Waals surface area contributed by atoms with Crippen LogP contribution in [0.15, 0.2) is 65.9 Å². The van der Waals surface area contributed by atoms with E-state index in [1.165, 1.54) is 31.9 Å². The molecule has 0 aliphatic carbocycles. The van der Waals surface area contributed by atoms with E-state index in [1.807, 2.05) is 6.26 Å². The zero-order chi connectivity index (χ0) is 24.5. The van der Waals surface area contributed by atoms with Gasteiger partial charge in [-0.25, -0.2) is 29.3 Å². The van der Waals surface area contributed by atoms with E-state index in [2.05, 4.69) is 33.1 Å². The molecule has 0 radical (unpaired) electrons. The van der Waals surface area contributed by atoms with Crippen molar-refractivity contribution in [3.05, 3.63) is 72.0 Å². The van der Waals surface area contributed by atoms with Crippen molar-refractivity contribution in [1.82, 2.24) is 33.9 Å². The fourth-order valence-corrected chi connectivity index (χ4v) is 3.79. The first-order chi connectivity index (χ1) is 16.3. The van der Waals surface area contributed by atoms with Crippen molar-refractivity contribution in [1.29, 1.82) is 0 Å². The van der Waals surface area contributed by atoms with Crippen LogP contribution in [0.5, 0.6) is 0 Å². The molecule has 0 fully saturated rings. The molecule has 0 unspecified atom stereocenters. The first-order valence-electron chi connectivity index (χ1n) is 10.1. The van der Waals surface area contributed by atoms with Gasteiger partial charge >= 0.3 is 6.18 Å². The van der Waals surface area contributed by atoms with Crippen LogP contribution in [-0.4, -0.2) is 40.1 Å². The monoisotopic (exact) mass is 487 g/mol. The summed E-state index contributed by atoms with van der Waals surface area (Å²) in [6, 6.07) is 4.85. The van der Waals surface area contributed by atoms with Gasteiger partial charge in [0.2, 0.25) is 0 Å². The second kappa shape index (κ2) is 9.29. The molecule has 0 atom stereocenters. The smallest absolute Gasteiger partial charge is 0.329 e. The van der Waals surface area contributed by atoms with Gasteiger partial charge in [0.25, 0.3) is 5.56 Å². The number of allylic oxidation sites excluding steroid dienone is 2. The van der Waals surface area contributed by atoms with Crippen molar-refractivity contribution in [3.8, 4) is 17.3 Å². The average Bonchev–Trinajstić information content (AvgIpc) is 3.37. The lowest BCUT2D eigenvalue weighted by molar-refractivity contribution is -0.140. The van der Waals surface area contributed by atoms with Crippen molar-refractivity contribution in [3.63, 3.8) is 0 Å². The van der Waals surface area contributed by atoms with Crippen LogP contribution in [0.1, 0.15) is 12.1 Å². The van der Waals surface area contributed by atoms with E-state index in [-0.39, 0.29) is 30.2 Å². The first-order valence-corrected chi connectivity index (χ1v) is 11.4. The van der Waals surface area contributed by atoms with Crippen LogP contribution in [0.2, 0.25) is 0 Å². The topological polar surface area (TPSA) is 83.4 Å². The maximum Gasteiger partial charge on any atom is 0.434 e. The zero-order valence-electron chi connectivity index (χ0n) is 18.2. The lowest BCUT2D eigenvalue weighted by Gasteiger charge is -2.12. The van der Waals surface area contributed by atoms with Gasteiger partial charge < -0.3 is 4.57 Å². The molecule has 176 valence electrons. The number of fused-ring (bicyclic) bond motifs is 1. The summed E-state index contributed by atoms with van der Waals surface area (Å²) in [4.78, 5) is 30.0. The highest BCUT2D eigenvalue weighted by molar-refractivity contribution is 7.98. The molecule has 0 aliphatic heterocycles. The van der Waals surface area contributed by atoms with Gasteiger partial charge in [-0.2, -0.15) is 13.2 Å². The summed E-state index contributed by atoms with van der Waals surface area (Å²) >= 11 is 1.32. The lowest BCUT2D eigenvalue weighted by atomic mass is 10.3. The highest BCUT2D eigenvalue weighted by atomic mass is 32.2. The molecule has 8 nitrogen and oxygen atoms in total. The molecule has 0 saturated carbocycles. The summed E-state index contributed by atoms with van der Waals surface area (Å²) in [6.45, 7) is 7.76. The summed E-state index contributed by atoms with van der Waals surface area (Å²) in [6.07, 6.45) is 3.25. The summed E-state index contributed by atoms with van der Waals surface area (Å²) < 4.78 is 44.4. The summed E-state index contributed by atoms with van der Waals surface area (Å²) in [5.41, 5.74) is -0.787. The molecule has 0 amide bonds. The van der Waals surface area contributed by atoms with Crippen LogP contribution in [0, 0.1) is 0 Å². The summed E-state index contributed by atoms with van der Waals surface area (Å²) in [5.74, 6) is 0.355. The number of rotatable bonds is 8. The van der Waals surface area contributed by atoms with Gasteiger partial charge in [-0.15, -0.1) is 13.2 Å². The van der Waals surface area contributed by atoms with E-state index >= 15 is 0 Å². The van der Waals surface area contributed by atoms with Crippen molar-refractivity contribution in [2.24, 2.45) is 0 Å². The number of thioether (sulfide) groups is 1. The molecule has 0 N–H and O–H groups in total. The SMILES string of the molecule is C=CCCn1cc(C(F)(F)F)nc1-c1cccc(-n2c3nc(SC)ncc3c(=O)n2CC=C)n1. The van der Waals surface area contributed by atoms with E-state index in [9.17, 15) is 18.0 Å². The highest BCUT2D eigenvalue weighted by Crippen LogP contribution is 2.31. The first kappa shape index (κ1) is 23.5. The van der Waals surface area contributed by atoms with Crippen molar-refractivity contribution < 1.29 is 13.2 Å². The number of imidazole rings is 1. The number of hydrogen-bond donors (Lipinski definition) is 0. The number of aromatic nitrogens is 7. The normalized spacial score (nSPS) is 11.8. The number of alkyl halides is 3. The minimum Gasteiger partial charge on any atom is -0.329 e. The van der Waals surface area contributed by atoms with Crippen molar-refractivity contribution >= 4 is 22.8 Å². The molecule has 34 heavy (non-hydrogen) atoms. The molecule has 4 aromatic rings. The van der Waals surface area contributed by atoms with Crippen LogP contribution in [0.3, 0.4) is 0 Å². The highest BCUT2D eigenvalue weighted by Gasteiger charge is 2.35. The van der Waals surface area contributed by atoms with E-state index in [1.54, 1.807) is 30.4 Å². The third-order valence-corrected chi connectivity index (χ3v) is 5.52. The van der Waals surface area contributed by atoms with Crippen LogP contribution in [-0.2, 0) is 19.3 Å². The van der Waals surface area contributed by atoms with E-state index in [0.29, 0.717) is 28.4 Å². The van der Waals surface area contributed by atoms with Crippen molar-refractivity contribution in [2.75, 3.05) is 6.26 Å². The number of aryl methyl sites for hydroxylation is 1. The average molecular weight is 488 g/mol. The minimum atomic E-state index is -4.60. The number of hydrogen-bond acceptors (Lipinski definition) is 6. The Morgan fingerprint density at radius 2 is 1.94 bits per heavy atom. The largest absolute Gasteiger partial charge is 0.434 e. The quantitative estimate of drug-likeness (QED) is 0.209. The van der Waals surface area contributed by atoms with Crippen LogP contribution in [0.4, 0.5) is 13.2 Å². The molecule has 0 aromatic carbocycles. The standard InChI is InChI=1S/C22H20F3N7OS/c1-4-6-11-30-13-16(22(23,24)25)28-19(30)15-8-7-9-17(27-15)32-18-14(12-26-21(29-18)34-3)20(33)31(32)10-5-2/h4-5,7-9,12-13H,1-2,6,10-11H2,3H3. The maximum atomic E-state index is 13.4. The van der Waals surface area contributed by atoms with Gasteiger partial charge in [-0.3, -0.25) is 4.79 Å². The Bertz CT molecular complexity index is 1430. The van der Waals surface area contributed by atoms with Crippen LogP contribution in [0.25, 0.3) is 28.4 Å². The minimum absolute atomic E-state index is 0.0598. The molecule has 0 bridgehead atoms. The molecular weight excluding hydrogens is 467 g/mol. The Kier molecular flexibility index (Phi) is 6.42. The predicted molar refractivity (Wildman–Crippen MR) is 124 cm³/mol. The molecule has 0 aliphatic rings. The Hall–Kier alpha value is -3.67. The summed E-state index contributed by atoms with van der Waals surface area (Å²) in [5, 5.41) is 0.752. The third kappa shape index (κ3) is 4.28. The molecular formula is C22H20F3N7OS. The Morgan fingerprint density at radius 1 is 1.15 bits per heavy atom. The van der Waals surface area contributed by atoms with Gasteiger partial charge in [0.05, 0.1) is 6.54 Å². The number of pyridine rings is 1. The Balaban J connectivity index is 1.93. The third-order valence-electron chi connectivity index (χ3n) is 4.96. The number of nitrogens with zero attached hydrogens (tertiary/aromatic N) is 7. The number of halogens is 3. The van der Waals surface area contributed by atoms with Gasteiger partial charge in [-0.05, 0) is 24.8 Å². The van der Waals surface area contributed by atoms with E-state index in [4.69, 9.17) is 0 Å². The maximum absolute atomic E-state index is 13.4. The van der Waals surface area contributed by atoms with Gasteiger partial charge in [0.15, 0.2) is 28.1 Å².